The number of hydrogen-bond donors (Lipinski definition) is 1. The summed E-state index contributed by atoms with van der Waals surface area (Å²) in [5.74, 6) is 2.12. The van der Waals surface area contributed by atoms with Gasteiger partial charge in [0.2, 0.25) is 15.9 Å². The van der Waals surface area contributed by atoms with Gasteiger partial charge in [-0.05, 0) is 43.2 Å². The number of carbonyl (C=O) groups excluding carboxylic acids is 1. The third kappa shape index (κ3) is 4.30. The maximum Gasteiger partial charge on any atom is 0.246 e. The van der Waals surface area contributed by atoms with Crippen molar-refractivity contribution < 1.29 is 13.2 Å². The van der Waals surface area contributed by atoms with Crippen LogP contribution in [0.25, 0.3) is 0 Å². The molecular formula is C19H18ClN3O3S. The van der Waals surface area contributed by atoms with Crippen LogP contribution in [-0.2, 0) is 14.8 Å². The van der Waals surface area contributed by atoms with Crippen LogP contribution in [0.3, 0.4) is 0 Å². The predicted molar refractivity (Wildman–Crippen MR) is 104 cm³/mol. The van der Waals surface area contributed by atoms with E-state index in [-0.39, 0.29) is 35.0 Å². The number of hydrogen-bond acceptors (Lipinski definition) is 4. The number of aromatic nitrogens is 1. The normalized spacial score (nSPS) is 15.9. The lowest BCUT2D eigenvalue weighted by Gasteiger charge is -2.30. The monoisotopic (exact) mass is 403 g/mol. The summed E-state index contributed by atoms with van der Waals surface area (Å²) >= 11 is 5.93. The predicted octanol–water partition coefficient (Wildman–Crippen LogP) is 2.76. The first kappa shape index (κ1) is 19.4. The number of terminal acetylenes is 1. The Balaban J connectivity index is 1.64. The zero-order valence-electron chi connectivity index (χ0n) is 14.4. The Labute approximate surface area is 163 Å². The van der Waals surface area contributed by atoms with Crippen molar-refractivity contribution in [1.29, 1.82) is 0 Å². The Morgan fingerprint density at radius 3 is 2.67 bits per heavy atom. The fraction of sp³-hybridized carbons (Fsp3) is 0.263. The summed E-state index contributed by atoms with van der Waals surface area (Å²) in [4.78, 5) is 16.3. The molecule has 1 saturated heterocycles. The third-order valence-corrected chi connectivity index (χ3v) is 6.81. The lowest BCUT2D eigenvalue weighted by Crippen LogP contribution is -2.41. The number of pyridine rings is 1. The Bertz CT molecular complexity index is 993. The SMILES string of the molecule is C#Cc1cccc(NC(=O)C2CCN(S(=O)(=O)c3cccnc3Cl)CC2)c1. The molecular weight excluding hydrogens is 386 g/mol. The molecule has 3 rings (SSSR count). The molecule has 140 valence electrons. The van der Waals surface area contributed by atoms with Crippen molar-refractivity contribution in [3.8, 4) is 12.3 Å². The van der Waals surface area contributed by atoms with Gasteiger partial charge >= 0.3 is 0 Å². The summed E-state index contributed by atoms with van der Waals surface area (Å²) in [5.41, 5.74) is 1.31. The molecule has 0 aliphatic carbocycles. The molecule has 0 radical (unpaired) electrons. The van der Waals surface area contributed by atoms with E-state index in [2.05, 4.69) is 16.2 Å². The largest absolute Gasteiger partial charge is 0.326 e. The summed E-state index contributed by atoms with van der Waals surface area (Å²) in [7, 11) is -3.72. The number of piperidine rings is 1. The van der Waals surface area contributed by atoms with E-state index in [4.69, 9.17) is 18.0 Å². The molecule has 2 heterocycles. The first-order valence-corrected chi connectivity index (χ1v) is 10.2. The summed E-state index contributed by atoms with van der Waals surface area (Å²) in [5, 5.41) is 2.80. The number of halogens is 1. The van der Waals surface area contributed by atoms with Gasteiger partial charge in [0.15, 0.2) is 0 Å². The molecule has 0 saturated carbocycles. The summed E-state index contributed by atoms with van der Waals surface area (Å²) < 4.78 is 26.8. The minimum Gasteiger partial charge on any atom is -0.326 e. The van der Waals surface area contributed by atoms with E-state index in [1.165, 1.54) is 22.6 Å². The quantitative estimate of drug-likeness (QED) is 0.628. The minimum atomic E-state index is -3.72. The van der Waals surface area contributed by atoms with E-state index < -0.39 is 10.0 Å². The number of carbonyl (C=O) groups is 1. The number of anilines is 1. The highest BCUT2D eigenvalue weighted by atomic mass is 35.5. The molecule has 1 aromatic heterocycles. The van der Waals surface area contributed by atoms with Gasteiger partial charge in [-0.1, -0.05) is 23.6 Å². The molecule has 1 amide bonds. The van der Waals surface area contributed by atoms with Crippen LogP contribution >= 0.6 is 11.6 Å². The summed E-state index contributed by atoms with van der Waals surface area (Å²) in [6.07, 6.45) is 7.66. The Kier molecular flexibility index (Phi) is 5.80. The standard InChI is InChI=1S/C19H18ClN3O3S/c1-2-14-5-3-6-16(13-14)22-19(24)15-8-11-23(12-9-15)27(25,26)17-7-4-10-21-18(17)20/h1,3-7,10,13,15H,8-9,11-12H2,(H,22,24). The van der Waals surface area contributed by atoms with Gasteiger partial charge in [0, 0.05) is 36.5 Å². The molecule has 6 nitrogen and oxygen atoms in total. The molecule has 1 aliphatic rings. The van der Waals surface area contributed by atoms with Crippen LogP contribution in [0.15, 0.2) is 47.5 Å². The zero-order valence-corrected chi connectivity index (χ0v) is 16.0. The van der Waals surface area contributed by atoms with Crippen LogP contribution < -0.4 is 5.32 Å². The highest BCUT2D eigenvalue weighted by Gasteiger charge is 2.33. The van der Waals surface area contributed by atoms with Gasteiger partial charge in [0.05, 0.1) is 0 Å². The van der Waals surface area contributed by atoms with Crippen LogP contribution in [-0.4, -0.2) is 36.7 Å². The average molecular weight is 404 g/mol. The number of rotatable bonds is 4. The average Bonchev–Trinajstić information content (AvgIpc) is 2.68. The number of nitrogens with one attached hydrogen (secondary N) is 1. The summed E-state index contributed by atoms with van der Waals surface area (Å²) in [6.45, 7) is 0.492. The molecule has 1 aromatic carbocycles. The highest BCUT2D eigenvalue weighted by molar-refractivity contribution is 7.89. The van der Waals surface area contributed by atoms with Crippen LogP contribution in [0.5, 0.6) is 0 Å². The topological polar surface area (TPSA) is 79.4 Å². The smallest absolute Gasteiger partial charge is 0.246 e. The maximum absolute atomic E-state index is 12.7. The fourth-order valence-corrected chi connectivity index (χ4v) is 4.89. The van der Waals surface area contributed by atoms with E-state index in [1.807, 2.05) is 0 Å². The van der Waals surface area contributed by atoms with Gasteiger partial charge in [0.25, 0.3) is 0 Å². The van der Waals surface area contributed by atoms with E-state index >= 15 is 0 Å². The lowest BCUT2D eigenvalue weighted by molar-refractivity contribution is -0.120. The van der Waals surface area contributed by atoms with E-state index in [9.17, 15) is 13.2 Å². The molecule has 0 atom stereocenters. The molecule has 1 fully saturated rings. The van der Waals surface area contributed by atoms with E-state index in [0.29, 0.717) is 24.1 Å². The van der Waals surface area contributed by atoms with Gasteiger partial charge in [-0.3, -0.25) is 4.79 Å². The van der Waals surface area contributed by atoms with Crippen molar-refractivity contribution in [1.82, 2.24) is 9.29 Å². The van der Waals surface area contributed by atoms with Gasteiger partial charge in [0.1, 0.15) is 10.0 Å². The summed E-state index contributed by atoms with van der Waals surface area (Å²) in [6, 6.07) is 10.0. The van der Waals surface area contributed by atoms with Crippen molar-refractivity contribution in [3.05, 3.63) is 53.3 Å². The van der Waals surface area contributed by atoms with Crippen LogP contribution in [0.1, 0.15) is 18.4 Å². The van der Waals surface area contributed by atoms with E-state index in [1.54, 1.807) is 24.3 Å². The molecule has 0 spiro atoms. The molecule has 0 unspecified atom stereocenters. The molecule has 1 aliphatic heterocycles. The molecule has 0 bridgehead atoms. The highest BCUT2D eigenvalue weighted by Crippen LogP contribution is 2.27. The van der Waals surface area contributed by atoms with Crippen LogP contribution in [0.2, 0.25) is 5.15 Å². The number of benzene rings is 1. The van der Waals surface area contributed by atoms with Gasteiger partial charge in [-0.25, -0.2) is 13.4 Å². The maximum atomic E-state index is 12.7. The van der Waals surface area contributed by atoms with Crippen molar-refractivity contribution in [2.45, 2.75) is 17.7 Å². The second kappa shape index (κ2) is 8.09. The fourth-order valence-electron chi connectivity index (χ4n) is 2.99. The zero-order chi connectivity index (χ0) is 19.4. The molecule has 2 aromatic rings. The van der Waals surface area contributed by atoms with Crippen LogP contribution in [0, 0.1) is 18.3 Å². The van der Waals surface area contributed by atoms with Gasteiger partial charge in [-0.15, -0.1) is 6.42 Å². The number of sulfonamides is 1. The van der Waals surface area contributed by atoms with Crippen LogP contribution in [0.4, 0.5) is 5.69 Å². The minimum absolute atomic E-state index is 0.0133. The van der Waals surface area contributed by atoms with Crippen molar-refractivity contribution in [3.63, 3.8) is 0 Å². The number of nitrogens with zero attached hydrogens (tertiary/aromatic N) is 2. The first-order chi connectivity index (χ1) is 12.9. The first-order valence-electron chi connectivity index (χ1n) is 8.40. The number of amides is 1. The van der Waals surface area contributed by atoms with Crippen molar-refractivity contribution >= 4 is 33.2 Å². The van der Waals surface area contributed by atoms with E-state index in [0.717, 1.165) is 0 Å². The Morgan fingerprint density at radius 1 is 1.26 bits per heavy atom. The van der Waals surface area contributed by atoms with Gasteiger partial charge < -0.3 is 5.32 Å². The molecule has 27 heavy (non-hydrogen) atoms. The Morgan fingerprint density at radius 2 is 2.00 bits per heavy atom. The van der Waals surface area contributed by atoms with Crippen molar-refractivity contribution in [2.24, 2.45) is 5.92 Å². The van der Waals surface area contributed by atoms with Gasteiger partial charge in [-0.2, -0.15) is 4.31 Å². The molecule has 1 N–H and O–H groups in total. The lowest BCUT2D eigenvalue weighted by atomic mass is 9.97. The Hall–Kier alpha value is -2.40. The molecule has 8 heteroatoms. The third-order valence-electron chi connectivity index (χ3n) is 4.46. The second-order valence-corrected chi connectivity index (χ2v) is 8.45. The van der Waals surface area contributed by atoms with Crippen molar-refractivity contribution in [2.75, 3.05) is 18.4 Å². The second-order valence-electron chi connectivity index (χ2n) is 6.19.